The fourth-order valence-electron chi connectivity index (χ4n) is 0.549. The summed E-state index contributed by atoms with van der Waals surface area (Å²) in [5, 5.41) is 1.31. The number of hydrogen-bond donors (Lipinski definition) is 0. The Morgan fingerprint density at radius 1 is 1.25 bits per heavy atom. The summed E-state index contributed by atoms with van der Waals surface area (Å²) in [5.41, 5.74) is 0. The van der Waals surface area contributed by atoms with Gasteiger partial charge in [0.2, 0.25) is 0 Å². The molecule has 0 aliphatic rings. The molecule has 1 atom stereocenters. The molecular formula is C6H13AsO. The van der Waals surface area contributed by atoms with E-state index in [9.17, 15) is 4.79 Å². The first-order valence-corrected chi connectivity index (χ1v) is 4.77. The standard InChI is InChI=1S/C6H13AsO/c7-5-3-1-2-4-6-8/h6H,1-5,7H2. The number of aldehydes is 1. The van der Waals surface area contributed by atoms with Gasteiger partial charge < -0.3 is 0 Å². The third kappa shape index (κ3) is 6.23. The van der Waals surface area contributed by atoms with Crippen LogP contribution >= 0.6 is 0 Å². The molecule has 0 radical (unpaired) electrons. The summed E-state index contributed by atoms with van der Waals surface area (Å²) in [4.78, 5) is 9.77. The van der Waals surface area contributed by atoms with Gasteiger partial charge in [0.25, 0.3) is 0 Å². The molecule has 0 saturated heterocycles. The molecule has 48 valence electrons. The van der Waals surface area contributed by atoms with Crippen LogP contribution in [0.15, 0.2) is 0 Å². The van der Waals surface area contributed by atoms with Crippen LogP contribution in [0.5, 0.6) is 0 Å². The minimum atomic E-state index is 0.757. The normalized spacial score (nSPS) is 9.12. The molecule has 0 aliphatic heterocycles. The molecule has 0 aliphatic carbocycles. The second kappa shape index (κ2) is 7.23. The Bertz CT molecular complexity index is 54.5. The Hall–Kier alpha value is 0.228. The first-order chi connectivity index (χ1) is 3.91. The summed E-state index contributed by atoms with van der Waals surface area (Å²) >= 11 is 1.79. The van der Waals surface area contributed by atoms with Gasteiger partial charge in [0, 0.05) is 0 Å². The average molecular weight is 176 g/mol. The molecule has 0 spiro atoms. The molecule has 0 N–H and O–H groups in total. The Morgan fingerprint density at radius 3 is 2.50 bits per heavy atom. The second-order valence-corrected chi connectivity index (χ2v) is 3.02. The van der Waals surface area contributed by atoms with E-state index in [0.717, 1.165) is 19.1 Å². The molecule has 0 heterocycles. The van der Waals surface area contributed by atoms with Gasteiger partial charge in [-0.25, -0.2) is 0 Å². The van der Waals surface area contributed by atoms with Gasteiger partial charge in [0.05, 0.1) is 0 Å². The molecule has 0 aromatic carbocycles. The van der Waals surface area contributed by atoms with Crippen molar-refractivity contribution in [2.75, 3.05) is 0 Å². The van der Waals surface area contributed by atoms with Crippen molar-refractivity contribution in [3.63, 3.8) is 0 Å². The summed E-state index contributed by atoms with van der Waals surface area (Å²) in [6.07, 6.45) is 5.38. The van der Waals surface area contributed by atoms with Gasteiger partial charge in [0.15, 0.2) is 0 Å². The van der Waals surface area contributed by atoms with E-state index in [1.807, 2.05) is 0 Å². The molecular weight excluding hydrogens is 163 g/mol. The van der Waals surface area contributed by atoms with E-state index in [1.165, 1.54) is 18.1 Å². The molecule has 0 bridgehead atoms. The van der Waals surface area contributed by atoms with Crippen LogP contribution < -0.4 is 0 Å². The fourth-order valence-corrected chi connectivity index (χ4v) is 1.15. The van der Waals surface area contributed by atoms with Crippen LogP contribution in [0.3, 0.4) is 0 Å². The van der Waals surface area contributed by atoms with Crippen LogP contribution in [-0.4, -0.2) is 23.1 Å². The molecule has 8 heavy (non-hydrogen) atoms. The van der Waals surface area contributed by atoms with Gasteiger partial charge in [-0.1, -0.05) is 0 Å². The average Bonchev–Trinajstić information content (AvgIpc) is 1.81. The fraction of sp³-hybridized carbons (Fsp3) is 0.833. The van der Waals surface area contributed by atoms with Gasteiger partial charge in [-0.3, -0.25) is 0 Å². The number of carbonyl (C=O) groups is 1. The van der Waals surface area contributed by atoms with Crippen molar-refractivity contribution in [2.45, 2.75) is 30.9 Å². The summed E-state index contributed by atoms with van der Waals surface area (Å²) in [6.45, 7) is 0. The zero-order valence-corrected chi connectivity index (χ0v) is 7.52. The quantitative estimate of drug-likeness (QED) is 0.344. The molecule has 1 unspecified atom stereocenters. The Morgan fingerprint density at radius 2 is 2.00 bits per heavy atom. The van der Waals surface area contributed by atoms with E-state index in [4.69, 9.17) is 0 Å². The molecule has 0 rings (SSSR count). The van der Waals surface area contributed by atoms with Crippen molar-refractivity contribution < 1.29 is 4.79 Å². The maximum absolute atomic E-state index is 9.77. The third-order valence-electron chi connectivity index (χ3n) is 1.03. The van der Waals surface area contributed by atoms with Crippen molar-refractivity contribution in [3.8, 4) is 0 Å². The van der Waals surface area contributed by atoms with Gasteiger partial charge in [-0.2, -0.15) is 0 Å². The van der Waals surface area contributed by atoms with Crippen molar-refractivity contribution >= 4 is 23.1 Å². The molecule has 0 saturated carbocycles. The van der Waals surface area contributed by atoms with E-state index in [0.29, 0.717) is 0 Å². The van der Waals surface area contributed by atoms with Crippen molar-refractivity contribution in [3.05, 3.63) is 0 Å². The summed E-state index contributed by atoms with van der Waals surface area (Å²) in [7, 11) is 0. The van der Waals surface area contributed by atoms with E-state index < -0.39 is 0 Å². The maximum atomic E-state index is 9.77. The molecule has 1 nitrogen and oxygen atoms in total. The SMILES string of the molecule is O=CCCCCC[AsH2]. The number of unbranched alkanes of at least 4 members (excludes halogenated alkanes) is 3. The van der Waals surface area contributed by atoms with Gasteiger partial charge in [-0.05, 0) is 0 Å². The second-order valence-electron chi connectivity index (χ2n) is 1.80. The van der Waals surface area contributed by atoms with Gasteiger partial charge in [-0.15, -0.1) is 0 Å². The Labute approximate surface area is 59.3 Å². The predicted octanol–water partition coefficient (Wildman–Crippen LogP) is 0.797. The molecule has 0 aromatic heterocycles. The van der Waals surface area contributed by atoms with Crippen molar-refractivity contribution in [1.29, 1.82) is 0 Å². The van der Waals surface area contributed by atoms with Crippen LogP contribution in [0.1, 0.15) is 25.7 Å². The summed E-state index contributed by atoms with van der Waals surface area (Å²) in [6, 6.07) is 0. The van der Waals surface area contributed by atoms with Crippen LogP contribution in [0.25, 0.3) is 0 Å². The number of rotatable bonds is 5. The molecule has 2 heteroatoms. The zero-order valence-electron chi connectivity index (χ0n) is 5.10. The molecule has 0 fully saturated rings. The van der Waals surface area contributed by atoms with Gasteiger partial charge >= 0.3 is 58.8 Å². The van der Waals surface area contributed by atoms with Crippen LogP contribution in [0, 0.1) is 0 Å². The topological polar surface area (TPSA) is 17.1 Å². The predicted molar refractivity (Wildman–Crippen MR) is 37.9 cm³/mol. The molecule has 0 aromatic rings. The molecule has 0 amide bonds. The monoisotopic (exact) mass is 176 g/mol. The third-order valence-corrected chi connectivity index (χ3v) is 1.88. The van der Waals surface area contributed by atoms with Crippen LogP contribution in [0.4, 0.5) is 0 Å². The van der Waals surface area contributed by atoms with E-state index >= 15 is 0 Å². The number of carbonyl (C=O) groups excluding carboxylic acids is 1. The summed E-state index contributed by atoms with van der Waals surface area (Å²) < 4.78 is 0. The van der Waals surface area contributed by atoms with E-state index in [1.54, 1.807) is 16.9 Å². The Balaban J connectivity index is 2.62. The number of hydrogen-bond acceptors (Lipinski definition) is 1. The first-order valence-electron chi connectivity index (χ1n) is 3.05. The van der Waals surface area contributed by atoms with Crippen LogP contribution in [0.2, 0.25) is 5.21 Å². The van der Waals surface area contributed by atoms with E-state index in [-0.39, 0.29) is 0 Å². The zero-order chi connectivity index (χ0) is 6.24. The van der Waals surface area contributed by atoms with Crippen molar-refractivity contribution in [1.82, 2.24) is 0 Å². The van der Waals surface area contributed by atoms with Crippen LogP contribution in [-0.2, 0) is 4.79 Å². The first kappa shape index (κ1) is 8.23. The van der Waals surface area contributed by atoms with E-state index in [2.05, 4.69) is 0 Å². The van der Waals surface area contributed by atoms with Gasteiger partial charge in [0.1, 0.15) is 0 Å². The Kier molecular flexibility index (Phi) is 7.43. The van der Waals surface area contributed by atoms with Crippen molar-refractivity contribution in [2.24, 2.45) is 0 Å². The summed E-state index contributed by atoms with van der Waals surface area (Å²) in [5.74, 6) is 0. The minimum absolute atomic E-state index is 0.757.